The number of amides is 3. The highest BCUT2D eigenvalue weighted by Gasteiger charge is 2.38. The Morgan fingerprint density at radius 2 is 1.73 bits per heavy atom. The van der Waals surface area contributed by atoms with Gasteiger partial charge in [-0.1, -0.05) is 11.6 Å². The largest absolute Gasteiger partial charge is 0.416 e. The van der Waals surface area contributed by atoms with E-state index in [-0.39, 0.29) is 33.7 Å². The summed E-state index contributed by atoms with van der Waals surface area (Å²) in [6.45, 7) is 1.47. The topological polar surface area (TPSA) is 92.2 Å². The van der Waals surface area contributed by atoms with Gasteiger partial charge in [0.2, 0.25) is 5.91 Å². The van der Waals surface area contributed by atoms with E-state index >= 15 is 0 Å². The third-order valence-corrected chi connectivity index (χ3v) is 6.21. The molecule has 4 rings (SSSR count). The van der Waals surface area contributed by atoms with Crippen molar-refractivity contribution in [2.75, 3.05) is 12.4 Å². The van der Waals surface area contributed by atoms with E-state index in [1.165, 1.54) is 30.7 Å². The molecule has 1 aliphatic heterocycles. The fourth-order valence-corrected chi connectivity index (χ4v) is 4.37. The van der Waals surface area contributed by atoms with E-state index in [0.29, 0.717) is 12.1 Å². The second-order valence-corrected chi connectivity index (χ2v) is 8.65. The van der Waals surface area contributed by atoms with Crippen LogP contribution in [0, 0.1) is 11.6 Å². The minimum absolute atomic E-state index is 0.0627. The molecule has 0 fully saturated rings. The van der Waals surface area contributed by atoms with Crippen LogP contribution < -0.4 is 16.0 Å². The molecule has 194 valence electrons. The molecule has 1 unspecified atom stereocenters. The number of benzene rings is 2. The van der Waals surface area contributed by atoms with Crippen LogP contribution in [0.5, 0.6) is 0 Å². The lowest BCUT2D eigenvalue weighted by Gasteiger charge is -2.33. The van der Waals surface area contributed by atoms with Gasteiger partial charge in [0.25, 0.3) is 11.8 Å². The minimum Gasteiger partial charge on any atom is -0.354 e. The van der Waals surface area contributed by atoms with Crippen LogP contribution in [-0.4, -0.2) is 29.3 Å². The van der Waals surface area contributed by atoms with Crippen LogP contribution >= 0.6 is 11.6 Å². The van der Waals surface area contributed by atoms with Crippen LogP contribution in [0.3, 0.4) is 0 Å². The molecule has 3 amide bonds. The Balaban J connectivity index is 1.88. The van der Waals surface area contributed by atoms with E-state index in [2.05, 4.69) is 16.0 Å². The smallest absolute Gasteiger partial charge is 0.354 e. The minimum atomic E-state index is -4.90. The normalized spacial score (nSPS) is 17.1. The third-order valence-electron chi connectivity index (χ3n) is 5.87. The number of nitrogens with one attached hydrogen (secondary N) is 3. The van der Waals surface area contributed by atoms with Gasteiger partial charge < -0.3 is 20.5 Å². The van der Waals surface area contributed by atoms with Gasteiger partial charge in [-0.3, -0.25) is 14.4 Å². The highest BCUT2D eigenvalue weighted by Crippen LogP contribution is 2.40. The van der Waals surface area contributed by atoms with Crippen molar-refractivity contribution in [3.63, 3.8) is 0 Å². The van der Waals surface area contributed by atoms with E-state index in [9.17, 15) is 36.3 Å². The molecule has 1 aliphatic rings. The number of carbonyl (C=O) groups excluding carboxylic acids is 3. The van der Waals surface area contributed by atoms with Gasteiger partial charge in [0.1, 0.15) is 23.4 Å². The van der Waals surface area contributed by atoms with Crippen molar-refractivity contribution in [2.24, 2.45) is 0 Å². The van der Waals surface area contributed by atoms with E-state index in [1.54, 1.807) is 0 Å². The van der Waals surface area contributed by atoms with Crippen molar-refractivity contribution in [3.8, 4) is 0 Å². The SMILES string of the molecule is CNC(=O)c1cc(NC(=O)c2cc(F)cc(C(F)(F)F)c2)c2n1[C@@H](C)C(=O)NC2c1cc(F)ccc1Cl. The molecule has 0 bridgehead atoms. The summed E-state index contributed by atoms with van der Waals surface area (Å²) < 4.78 is 68.8. The summed E-state index contributed by atoms with van der Waals surface area (Å²) in [5.41, 5.74) is -1.94. The van der Waals surface area contributed by atoms with E-state index in [0.717, 1.165) is 12.1 Å². The highest BCUT2D eigenvalue weighted by molar-refractivity contribution is 6.31. The van der Waals surface area contributed by atoms with Gasteiger partial charge in [-0.25, -0.2) is 8.78 Å². The zero-order chi connectivity index (χ0) is 27.2. The van der Waals surface area contributed by atoms with E-state index in [1.807, 2.05) is 0 Å². The number of rotatable bonds is 4. The van der Waals surface area contributed by atoms with Crippen molar-refractivity contribution in [2.45, 2.75) is 25.2 Å². The summed E-state index contributed by atoms with van der Waals surface area (Å²) in [6.07, 6.45) is -4.90. The number of hydrogen-bond acceptors (Lipinski definition) is 3. The maximum atomic E-state index is 14.1. The molecule has 7 nitrogen and oxygen atoms in total. The van der Waals surface area contributed by atoms with Crippen molar-refractivity contribution >= 4 is 35.0 Å². The van der Waals surface area contributed by atoms with Gasteiger partial charge in [0.05, 0.1) is 23.0 Å². The lowest BCUT2D eigenvalue weighted by Crippen LogP contribution is -2.43. The molecule has 3 aromatic rings. The van der Waals surface area contributed by atoms with Crippen molar-refractivity contribution in [3.05, 3.63) is 87.2 Å². The molecule has 2 atom stereocenters. The number of nitrogens with zero attached hydrogens (tertiary/aromatic N) is 1. The number of aromatic nitrogens is 1. The standard InChI is InChI=1S/C24H18ClF5N4O3/c1-10-21(35)33-19(15-8-13(26)3-4-16(15)25)20-17(9-18(34(10)20)23(37)31-2)32-22(36)11-5-12(24(28,29)30)7-14(27)6-11/h3-10,19H,1-2H3,(H,31,37)(H,32,36)(H,33,35)/t10-,19?/m0/s1. The first-order chi connectivity index (χ1) is 17.3. The van der Waals surface area contributed by atoms with Crippen molar-refractivity contribution in [1.82, 2.24) is 15.2 Å². The first-order valence-electron chi connectivity index (χ1n) is 10.7. The molecule has 13 heteroatoms. The molecule has 37 heavy (non-hydrogen) atoms. The number of carbonyl (C=O) groups is 3. The van der Waals surface area contributed by atoms with Crippen LogP contribution in [0.1, 0.15) is 56.7 Å². The molecular weight excluding hydrogens is 523 g/mol. The van der Waals surface area contributed by atoms with Gasteiger partial charge in [-0.15, -0.1) is 0 Å². The summed E-state index contributed by atoms with van der Waals surface area (Å²) in [4.78, 5) is 38.4. The monoisotopic (exact) mass is 540 g/mol. The Labute approximate surface area is 211 Å². The maximum Gasteiger partial charge on any atom is 0.416 e. The molecule has 0 spiro atoms. The van der Waals surface area contributed by atoms with Crippen LogP contribution in [0.25, 0.3) is 0 Å². The van der Waals surface area contributed by atoms with Gasteiger partial charge in [0.15, 0.2) is 0 Å². The number of alkyl halides is 3. The first-order valence-corrected chi connectivity index (χ1v) is 11.1. The van der Waals surface area contributed by atoms with Gasteiger partial charge >= 0.3 is 6.18 Å². The molecule has 2 aromatic carbocycles. The van der Waals surface area contributed by atoms with Crippen LogP contribution in [0.4, 0.5) is 27.6 Å². The van der Waals surface area contributed by atoms with Gasteiger partial charge in [0, 0.05) is 23.2 Å². The second-order valence-electron chi connectivity index (χ2n) is 8.24. The molecule has 0 radical (unpaired) electrons. The highest BCUT2D eigenvalue weighted by atomic mass is 35.5. The third kappa shape index (κ3) is 4.88. The fourth-order valence-electron chi connectivity index (χ4n) is 4.14. The van der Waals surface area contributed by atoms with Gasteiger partial charge in [-0.05, 0) is 49.4 Å². The zero-order valence-electron chi connectivity index (χ0n) is 19.1. The average molecular weight is 541 g/mol. The average Bonchev–Trinajstić information content (AvgIpc) is 3.20. The van der Waals surface area contributed by atoms with Crippen LogP contribution in [0.2, 0.25) is 5.02 Å². The van der Waals surface area contributed by atoms with E-state index in [4.69, 9.17) is 11.6 Å². The summed E-state index contributed by atoms with van der Waals surface area (Å²) in [5.74, 6) is -4.26. The van der Waals surface area contributed by atoms with Crippen molar-refractivity contribution in [1.29, 1.82) is 0 Å². The molecule has 0 aliphatic carbocycles. The summed E-state index contributed by atoms with van der Waals surface area (Å²) in [5, 5.41) is 7.53. The number of halogens is 6. The van der Waals surface area contributed by atoms with Crippen LogP contribution in [0.15, 0.2) is 42.5 Å². The summed E-state index contributed by atoms with van der Waals surface area (Å²) >= 11 is 6.27. The molecule has 2 heterocycles. The number of fused-ring (bicyclic) bond motifs is 1. The Kier molecular flexibility index (Phi) is 6.72. The number of hydrogen-bond donors (Lipinski definition) is 3. The van der Waals surface area contributed by atoms with Crippen molar-refractivity contribution < 1.29 is 36.3 Å². The summed E-state index contributed by atoms with van der Waals surface area (Å²) in [7, 11) is 1.33. The Bertz CT molecular complexity index is 1440. The Morgan fingerprint density at radius 1 is 1.03 bits per heavy atom. The molecular formula is C24H18ClF5N4O3. The molecule has 0 saturated carbocycles. The summed E-state index contributed by atoms with van der Waals surface area (Å²) in [6, 6.07) is 3.86. The lowest BCUT2D eigenvalue weighted by atomic mass is 9.99. The predicted octanol–water partition coefficient (Wildman–Crippen LogP) is 4.83. The maximum absolute atomic E-state index is 14.1. The Hall–Kier alpha value is -3.93. The Morgan fingerprint density at radius 3 is 2.38 bits per heavy atom. The van der Waals surface area contributed by atoms with Crippen LogP contribution in [-0.2, 0) is 11.0 Å². The van der Waals surface area contributed by atoms with Gasteiger partial charge in [-0.2, -0.15) is 13.2 Å². The molecule has 1 aromatic heterocycles. The first kappa shape index (κ1) is 26.1. The second kappa shape index (κ2) is 9.51. The lowest BCUT2D eigenvalue weighted by molar-refractivity contribution is -0.137. The predicted molar refractivity (Wildman–Crippen MR) is 123 cm³/mol. The quantitative estimate of drug-likeness (QED) is 0.414. The van der Waals surface area contributed by atoms with E-state index < -0.39 is 58.7 Å². The molecule has 3 N–H and O–H groups in total. The fraction of sp³-hybridized carbons (Fsp3) is 0.208. The number of anilines is 1. The zero-order valence-corrected chi connectivity index (χ0v) is 19.9. The molecule has 0 saturated heterocycles.